The van der Waals surface area contributed by atoms with E-state index >= 15 is 0 Å². The fraction of sp³-hybridized carbons (Fsp3) is 0.0526. The summed E-state index contributed by atoms with van der Waals surface area (Å²) in [4.78, 5) is 6.27. The van der Waals surface area contributed by atoms with Crippen molar-refractivity contribution in [2.24, 2.45) is 0 Å². The van der Waals surface area contributed by atoms with E-state index < -0.39 is 0 Å². The topological polar surface area (TPSA) is 60.2 Å². The summed E-state index contributed by atoms with van der Waals surface area (Å²) in [5, 5.41) is 21.3. The number of hydrogen-bond acceptors (Lipinski definition) is 4. The summed E-state index contributed by atoms with van der Waals surface area (Å²) in [6, 6.07) is 13.7. The van der Waals surface area contributed by atoms with Gasteiger partial charge in [0.25, 0.3) is 0 Å². The van der Waals surface area contributed by atoms with Gasteiger partial charge in [0.2, 0.25) is 0 Å². The highest BCUT2D eigenvalue weighted by Crippen LogP contribution is 2.34. The quantitative estimate of drug-likeness (QED) is 0.579. The zero-order valence-corrected chi connectivity index (χ0v) is 15.8. The van der Waals surface area contributed by atoms with E-state index in [1.807, 2.05) is 29.6 Å². The highest BCUT2D eigenvalue weighted by Gasteiger charge is 2.31. The van der Waals surface area contributed by atoms with Gasteiger partial charge in [0, 0.05) is 21.1 Å². The van der Waals surface area contributed by atoms with Crippen molar-refractivity contribution in [3.8, 4) is 11.3 Å². The number of anilines is 1. The molecule has 4 nitrogen and oxygen atoms in total. The molecule has 4 rings (SSSR count). The first kappa shape index (κ1) is 16.9. The van der Waals surface area contributed by atoms with E-state index in [1.165, 1.54) is 23.5 Å². The second-order valence-corrected chi connectivity index (χ2v) is 7.55. The molecule has 7 heteroatoms. The number of thiazole rings is 1. The maximum absolute atomic E-state index is 13.1. The van der Waals surface area contributed by atoms with E-state index in [2.05, 4.69) is 20.9 Å². The molecule has 2 aromatic carbocycles. The second kappa shape index (κ2) is 6.66. The van der Waals surface area contributed by atoms with Crippen LogP contribution in [0.15, 0.2) is 64.1 Å². The minimum absolute atomic E-state index is 0.123. The summed E-state index contributed by atoms with van der Waals surface area (Å²) in [5.74, 6) is 0.0371. The number of amidine groups is 1. The lowest BCUT2D eigenvalue weighted by Crippen LogP contribution is -2.25. The average molecular weight is 430 g/mol. The largest absolute Gasteiger partial charge is 0.510 e. The van der Waals surface area contributed by atoms with Crippen LogP contribution in [0.4, 0.5) is 10.1 Å². The Bertz CT molecular complexity index is 1010. The molecular weight excluding hydrogens is 417 g/mol. The molecule has 0 saturated carbocycles. The predicted octanol–water partition coefficient (Wildman–Crippen LogP) is 5.48. The molecule has 3 aromatic rings. The fourth-order valence-electron chi connectivity index (χ4n) is 2.79. The van der Waals surface area contributed by atoms with Crippen LogP contribution in [-0.4, -0.2) is 22.5 Å². The minimum Gasteiger partial charge on any atom is -0.510 e. The van der Waals surface area contributed by atoms with Crippen LogP contribution in [0.5, 0.6) is 0 Å². The molecule has 0 bridgehead atoms. The van der Waals surface area contributed by atoms with Gasteiger partial charge in [-0.15, -0.1) is 11.3 Å². The molecule has 0 spiro atoms. The maximum Gasteiger partial charge on any atom is 0.139 e. The lowest BCUT2D eigenvalue weighted by Gasteiger charge is -2.18. The van der Waals surface area contributed by atoms with Gasteiger partial charge < -0.3 is 10.0 Å². The average Bonchev–Trinajstić information content (AvgIpc) is 3.21. The highest BCUT2D eigenvalue weighted by atomic mass is 79.9. The Morgan fingerprint density at radius 2 is 1.81 bits per heavy atom. The van der Waals surface area contributed by atoms with Gasteiger partial charge in [-0.2, -0.15) is 0 Å². The van der Waals surface area contributed by atoms with Gasteiger partial charge >= 0.3 is 0 Å². The maximum atomic E-state index is 13.1. The Hall–Kier alpha value is -2.51. The Morgan fingerprint density at radius 1 is 1.12 bits per heavy atom. The number of aromatic nitrogens is 1. The van der Waals surface area contributed by atoms with Crippen molar-refractivity contribution in [3.05, 3.63) is 75.0 Å². The monoisotopic (exact) mass is 429 g/mol. The summed E-state index contributed by atoms with van der Waals surface area (Å²) in [5.41, 5.74) is 2.75. The lowest BCUT2D eigenvalue weighted by molar-refractivity contribution is 0.411. The summed E-state index contributed by atoms with van der Waals surface area (Å²) < 4.78 is 14.0. The summed E-state index contributed by atoms with van der Waals surface area (Å²) in [6.07, 6.45) is 0. The van der Waals surface area contributed by atoms with Crippen molar-refractivity contribution >= 4 is 44.4 Å². The molecule has 0 radical (unpaired) electrons. The smallest absolute Gasteiger partial charge is 0.139 e. The van der Waals surface area contributed by atoms with Crippen LogP contribution in [0.3, 0.4) is 0 Å². The van der Waals surface area contributed by atoms with Crippen molar-refractivity contribution < 1.29 is 9.50 Å². The first-order valence-corrected chi connectivity index (χ1v) is 9.46. The molecule has 26 heavy (non-hydrogen) atoms. The molecule has 0 atom stereocenters. The van der Waals surface area contributed by atoms with Gasteiger partial charge in [0.15, 0.2) is 0 Å². The van der Waals surface area contributed by atoms with Crippen LogP contribution >= 0.6 is 27.3 Å². The SMILES string of the molecule is N=C1C(c2nc(-c3ccc(F)cc3)cs2)=C(O)CN1c1ccc(Br)cc1. The van der Waals surface area contributed by atoms with Crippen molar-refractivity contribution in [3.63, 3.8) is 0 Å². The fourth-order valence-corrected chi connectivity index (χ4v) is 3.95. The summed E-state index contributed by atoms with van der Waals surface area (Å²) in [7, 11) is 0. The number of aliphatic hydroxyl groups is 1. The Kier molecular flexibility index (Phi) is 4.34. The normalized spacial score (nSPS) is 14.4. The Labute approximate surface area is 161 Å². The van der Waals surface area contributed by atoms with Crippen LogP contribution in [-0.2, 0) is 0 Å². The summed E-state index contributed by atoms with van der Waals surface area (Å²) in [6.45, 7) is 0.237. The first-order valence-electron chi connectivity index (χ1n) is 7.79. The van der Waals surface area contributed by atoms with Crippen LogP contribution in [0.25, 0.3) is 16.8 Å². The third-order valence-corrected chi connectivity index (χ3v) is 5.49. The molecule has 0 saturated heterocycles. The first-order chi connectivity index (χ1) is 12.5. The van der Waals surface area contributed by atoms with Crippen LogP contribution in [0.1, 0.15) is 5.01 Å². The number of nitrogens with one attached hydrogen (secondary N) is 1. The standard InChI is InChI=1S/C19H13BrFN3OS/c20-12-3-7-14(8-4-12)24-9-16(25)17(18(24)22)19-23-15(10-26-19)11-1-5-13(21)6-2-11/h1-8,10,22,25H,9H2. The van der Waals surface area contributed by atoms with Crippen LogP contribution < -0.4 is 4.90 Å². The number of benzene rings is 2. The van der Waals surface area contributed by atoms with Crippen LogP contribution in [0.2, 0.25) is 0 Å². The number of aliphatic hydroxyl groups excluding tert-OH is 1. The number of nitrogens with zero attached hydrogens (tertiary/aromatic N) is 2. The van der Waals surface area contributed by atoms with E-state index in [4.69, 9.17) is 5.41 Å². The van der Waals surface area contributed by atoms with Crippen molar-refractivity contribution in [1.82, 2.24) is 4.98 Å². The Balaban J connectivity index is 1.63. The van der Waals surface area contributed by atoms with E-state index in [-0.39, 0.29) is 24.0 Å². The van der Waals surface area contributed by atoms with Crippen molar-refractivity contribution in [2.45, 2.75) is 0 Å². The molecular formula is C19H13BrFN3OS. The third-order valence-electron chi connectivity index (χ3n) is 4.10. The van der Waals surface area contributed by atoms with Crippen molar-refractivity contribution in [1.29, 1.82) is 5.41 Å². The lowest BCUT2D eigenvalue weighted by atomic mass is 10.2. The number of hydrogen-bond donors (Lipinski definition) is 2. The zero-order valence-electron chi connectivity index (χ0n) is 13.4. The van der Waals surface area contributed by atoms with Gasteiger partial charge in [-0.3, -0.25) is 5.41 Å². The van der Waals surface area contributed by atoms with E-state index in [1.54, 1.807) is 17.0 Å². The van der Waals surface area contributed by atoms with Crippen LogP contribution in [0, 0.1) is 11.2 Å². The molecule has 0 fully saturated rings. The van der Waals surface area contributed by atoms with E-state index in [9.17, 15) is 9.50 Å². The van der Waals surface area contributed by atoms with E-state index in [0.29, 0.717) is 16.3 Å². The molecule has 0 unspecified atom stereocenters. The minimum atomic E-state index is -0.299. The second-order valence-electron chi connectivity index (χ2n) is 5.78. The third kappa shape index (κ3) is 3.04. The molecule has 0 amide bonds. The molecule has 130 valence electrons. The Morgan fingerprint density at radius 3 is 2.50 bits per heavy atom. The van der Waals surface area contributed by atoms with Gasteiger partial charge in [0.1, 0.15) is 22.4 Å². The van der Waals surface area contributed by atoms with Gasteiger partial charge in [0.05, 0.1) is 17.8 Å². The summed E-state index contributed by atoms with van der Waals surface area (Å²) >= 11 is 4.75. The molecule has 2 heterocycles. The molecule has 1 aliphatic heterocycles. The molecule has 2 N–H and O–H groups in total. The van der Waals surface area contributed by atoms with Gasteiger partial charge in [-0.1, -0.05) is 15.9 Å². The van der Waals surface area contributed by atoms with Gasteiger partial charge in [-0.25, -0.2) is 9.37 Å². The number of rotatable bonds is 3. The molecule has 0 aliphatic carbocycles. The van der Waals surface area contributed by atoms with Gasteiger partial charge in [-0.05, 0) is 48.5 Å². The van der Waals surface area contributed by atoms with Crippen molar-refractivity contribution in [2.75, 3.05) is 11.4 Å². The molecule has 1 aromatic heterocycles. The highest BCUT2D eigenvalue weighted by molar-refractivity contribution is 9.10. The molecule has 1 aliphatic rings. The predicted molar refractivity (Wildman–Crippen MR) is 106 cm³/mol. The number of halogens is 2. The van der Waals surface area contributed by atoms with E-state index in [0.717, 1.165) is 15.7 Å². The zero-order chi connectivity index (χ0) is 18.3.